The van der Waals surface area contributed by atoms with E-state index in [-0.39, 0.29) is 30.9 Å². The average Bonchev–Trinajstić information content (AvgIpc) is 2.78. The summed E-state index contributed by atoms with van der Waals surface area (Å²) in [5.74, 6) is -0.876. The molecule has 3 rings (SSSR count). The Balaban J connectivity index is 1.58. The van der Waals surface area contributed by atoms with E-state index in [1.54, 1.807) is 6.08 Å². The van der Waals surface area contributed by atoms with Gasteiger partial charge in [0.05, 0.1) is 7.11 Å². The summed E-state index contributed by atoms with van der Waals surface area (Å²) in [6.07, 6.45) is 6.41. The second kappa shape index (κ2) is 9.75. The van der Waals surface area contributed by atoms with Crippen LogP contribution in [0.4, 0.5) is 0 Å². The van der Waals surface area contributed by atoms with E-state index in [1.807, 2.05) is 30.3 Å². The summed E-state index contributed by atoms with van der Waals surface area (Å²) in [5.41, 5.74) is -0.123. The monoisotopic (exact) mass is 434 g/mol. The minimum atomic E-state index is -3.54. The highest BCUT2D eigenvalue weighted by molar-refractivity contribution is 7.92. The molecule has 0 aromatic heterocycles. The largest absolute Gasteiger partial charge is 0.467 e. The van der Waals surface area contributed by atoms with E-state index < -0.39 is 15.6 Å². The summed E-state index contributed by atoms with van der Waals surface area (Å²) in [4.78, 5) is 25.2. The van der Waals surface area contributed by atoms with Crippen LogP contribution in [0.15, 0.2) is 35.7 Å². The number of methoxy groups -OCH3 is 1. The van der Waals surface area contributed by atoms with Gasteiger partial charge >= 0.3 is 5.97 Å². The summed E-state index contributed by atoms with van der Waals surface area (Å²) in [7, 11) is -2.20. The number of hydrogen-bond donors (Lipinski definition) is 1. The lowest BCUT2D eigenvalue weighted by Crippen LogP contribution is -2.58. The van der Waals surface area contributed by atoms with Gasteiger partial charge in [-0.25, -0.2) is 13.2 Å². The summed E-state index contributed by atoms with van der Waals surface area (Å²) in [6, 6.07) is 9.25. The molecule has 1 saturated heterocycles. The molecule has 0 spiro atoms. The fraction of sp³-hybridized carbons (Fsp3) is 0.545. The van der Waals surface area contributed by atoms with Gasteiger partial charge in [-0.15, -0.1) is 0 Å². The Labute approximate surface area is 178 Å². The highest BCUT2D eigenvalue weighted by Crippen LogP contribution is 2.31. The maximum atomic E-state index is 12.9. The molecule has 0 atom stereocenters. The molecule has 0 unspecified atom stereocenters. The lowest BCUT2D eigenvalue weighted by atomic mass is 9.81. The van der Waals surface area contributed by atoms with Crippen molar-refractivity contribution >= 4 is 28.0 Å². The van der Waals surface area contributed by atoms with Crippen LogP contribution >= 0.6 is 0 Å². The van der Waals surface area contributed by atoms with Crippen LogP contribution in [0.25, 0.3) is 6.08 Å². The molecule has 30 heavy (non-hydrogen) atoms. The van der Waals surface area contributed by atoms with E-state index in [1.165, 1.54) is 16.8 Å². The Bertz CT molecular complexity index is 868. The maximum Gasteiger partial charge on any atom is 0.331 e. The number of ether oxygens (including phenoxy) is 1. The third-order valence-corrected chi connectivity index (χ3v) is 7.63. The standard InChI is InChI=1S/C22H30N2O5S/c1-29-21(26)22(13-6-3-7-14-22)23-20(25)19-10-15-24(16-11-19)30(27,28)17-12-18-8-4-2-5-9-18/h2,4-5,8-9,12,17,19H,3,6-7,10-11,13-16H2,1H3,(H,23,25)/b17-12+. The molecule has 0 radical (unpaired) electrons. The van der Waals surface area contributed by atoms with E-state index in [0.29, 0.717) is 25.7 Å². The van der Waals surface area contributed by atoms with Crippen molar-refractivity contribution in [2.24, 2.45) is 5.92 Å². The zero-order valence-electron chi connectivity index (χ0n) is 17.4. The van der Waals surface area contributed by atoms with Crippen molar-refractivity contribution in [2.45, 2.75) is 50.5 Å². The summed E-state index contributed by atoms with van der Waals surface area (Å²) in [5, 5.41) is 4.18. The molecule has 7 nitrogen and oxygen atoms in total. The number of esters is 1. The predicted molar refractivity (Wildman–Crippen MR) is 115 cm³/mol. The number of hydrogen-bond acceptors (Lipinski definition) is 5. The minimum absolute atomic E-state index is 0.181. The van der Waals surface area contributed by atoms with E-state index in [0.717, 1.165) is 24.8 Å². The molecule has 1 amide bonds. The Morgan fingerprint density at radius 2 is 1.73 bits per heavy atom. The Morgan fingerprint density at radius 1 is 1.10 bits per heavy atom. The number of piperidine rings is 1. The van der Waals surface area contributed by atoms with Gasteiger partial charge in [-0.05, 0) is 37.3 Å². The van der Waals surface area contributed by atoms with Crippen LogP contribution in [0.2, 0.25) is 0 Å². The van der Waals surface area contributed by atoms with Crippen molar-refractivity contribution in [1.82, 2.24) is 9.62 Å². The SMILES string of the molecule is COC(=O)C1(NC(=O)C2CCN(S(=O)(=O)/C=C/c3ccccc3)CC2)CCCCC1. The van der Waals surface area contributed by atoms with Crippen LogP contribution in [0.5, 0.6) is 0 Å². The fourth-order valence-electron chi connectivity index (χ4n) is 4.26. The molecule has 0 bridgehead atoms. The maximum absolute atomic E-state index is 12.9. The number of carbonyl (C=O) groups excluding carboxylic acids is 2. The molecular weight excluding hydrogens is 404 g/mol. The summed E-state index contributed by atoms with van der Waals surface area (Å²) < 4.78 is 31.6. The summed E-state index contributed by atoms with van der Waals surface area (Å²) in [6.45, 7) is 0.565. The third-order valence-electron chi connectivity index (χ3n) is 6.06. The zero-order valence-corrected chi connectivity index (χ0v) is 18.2. The normalized spacial score (nSPS) is 20.7. The molecule has 2 fully saturated rings. The molecular formula is C22H30N2O5S. The smallest absolute Gasteiger partial charge is 0.331 e. The first-order valence-electron chi connectivity index (χ1n) is 10.5. The predicted octanol–water partition coefficient (Wildman–Crippen LogP) is 2.69. The van der Waals surface area contributed by atoms with Gasteiger partial charge in [-0.2, -0.15) is 4.31 Å². The molecule has 1 aromatic rings. The highest BCUT2D eigenvalue weighted by atomic mass is 32.2. The Kier molecular flexibility index (Phi) is 7.31. The summed E-state index contributed by atoms with van der Waals surface area (Å²) >= 11 is 0. The third kappa shape index (κ3) is 5.29. The number of rotatable bonds is 6. The van der Waals surface area contributed by atoms with Gasteiger partial charge in [0.25, 0.3) is 0 Å². The molecule has 1 N–H and O–H groups in total. The molecule has 1 aromatic carbocycles. The van der Waals surface area contributed by atoms with Gasteiger partial charge < -0.3 is 10.1 Å². The van der Waals surface area contributed by atoms with Crippen LogP contribution < -0.4 is 5.32 Å². The van der Waals surface area contributed by atoms with Crippen molar-refractivity contribution in [2.75, 3.05) is 20.2 Å². The first kappa shape index (κ1) is 22.5. The Hall–Kier alpha value is -2.19. The minimum Gasteiger partial charge on any atom is -0.467 e. The van der Waals surface area contributed by atoms with Gasteiger partial charge in [-0.1, -0.05) is 49.6 Å². The van der Waals surface area contributed by atoms with Gasteiger partial charge in [0.15, 0.2) is 0 Å². The van der Waals surface area contributed by atoms with E-state index in [2.05, 4.69) is 5.32 Å². The van der Waals surface area contributed by atoms with E-state index in [4.69, 9.17) is 4.74 Å². The van der Waals surface area contributed by atoms with Crippen molar-refractivity contribution in [1.29, 1.82) is 0 Å². The van der Waals surface area contributed by atoms with Crippen molar-refractivity contribution < 1.29 is 22.7 Å². The first-order valence-corrected chi connectivity index (χ1v) is 12.0. The van der Waals surface area contributed by atoms with Crippen LogP contribution in [0, 0.1) is 5.92 Å². The number of nitrogens with one attached hydrogen (secondary N) is 1. The van der Waals surface area contributed by atoms with Gasteiger partial charge in [0, 0.05) is 24.4 Å². The molecule has 1 heterocycles. The van der Waals surface area contributed by atoms with E-state index >= 15 is 0 Å². The lowest BCUT2D eigenvalue weighted by Gasteiger charge is -2.37. The Morgan fingerprint density at radius 3 is 2.33 bits per heavy atom. The molecule has 8 heteroatoms. The fourth-order valence-corrected chi connectivity index (χ4v) is 5.48. The van der Waals surface area contributed by atoms with Crippen LogP contribution in [-0.2, 0) is 24.3 Å². The molecule has 164 valence electrons. The molecule has 2 aliphatic rings. The number of sulfonamides is 1. The van der Waals surface area contributed by atoms with Crippen molar-refractivity contribution in [3.8, 4) is 0 Å². The lowest BCUT2D eigenvalue weighted by molar-refractivity contribution is -0.153. The molecule has 1 aliphatic heterocycles. The number of nitrogens with zero attached hydrogens (tertiary/aromatic N) is 1. The first-order chi connectivity index (χ1) is 14.4. The molecule has 1 aliphatic carbocycles. The zero-order chi connectivity index (χ0) is 21.6. The highest BCUT2D eigenvalue weighted by Gasteiger charge is 2.43. The van der Waals surface area contributed by atoms with Crippen LogP contribution in [0.3, 0.4) is 0 Å². The van der Waals surface area contributed by atoms with Crippen LogP contribution in [0.1, 0.15) is 50.5 Å². The van der Waals surface area contributed by atoms with Gasteiger partial charge in [-0.3, -0.25) is 4.79 Å². The second-order valence-corrected chi connectivity index (χ2v) is 9.87. The average molecular weight is 435 g/mol. The second-order valence-electron chi connectivity index (χ2n) is 8.06. The van der Waals surface area contributed by atoms with Crippen LogP contribution in [-0.4, -0.2) is 50.3 Å². The number of carbonyl (C=O) groups is 2. The molecule has 1 saturated carbocycles. The van der Waals surface area contributed by atoms with E-state index in [9.17, 15) is 18.0 Å². The topological polar surface area (TPSA) is 92.8 Å². The van der Waals surface area contributed by atoms with Crippen molar-refractivity contribution in [3.63, 3.8) is 0 Å². The van der Waals surface area contributed by atoms with Crippen molar-refractivity contribution in [3.05, 3.63) is 41.3 Å². The van der Waals surface area contributed by atoms with Gasteiger partial charge in [0.1, 0.15) is 5.54 Å². The quantitative estimate of drug-likeness (QED) is 0.695. The number of benzene rings is 1. The van der Waals surface area contributed by atoms with Gasteiger partial charge in [0.2, 0.25) is 15.9 Å². The number of amides is 1.